The van der Waals surface area contributed by atoms with E-state index in [-0.39, 0.29) is 23.5 Å². The summed E-state index contributed by atoms with van der Waals surface area (Å²) in [4.78, 5) is 27.6. The van der Waals surface area contributed by atoms with E-state index in [1.165, 1.54) is 0 Å². The molecule has 0 spiro atoms. The summed E-state index contributed by atoms with van der Waals surface area (Å²) in [6.07, 6.45) is 0.367. The van der Waals surface area contributed by atoms with Crippen LogP contribution in [0.25, 0.3) is 0 Å². The summed E-state index contributed by atoms with van der Waals surface area (Å²) in [5, 5.41) is 2.93. The lowest BCUT2D eigenvalue weighted by atomic mass is 10.1. The van der Waals surface area contributed by atoms with Gasteiger partial charge in [-0.2, -0.15) is 0 Å². The topological polar surface area (TPSA) is 52.7 Å². The smallest absolute Gasteiger partial charge is 0.321 e. The Balaban J connectivity index is 1.97. The maximum Gasteiger partial charge on any atom is 0.321 e. The molecule has 114 valence electrons. The normalized spacial score (nSPS) is 18.8. The molecule has 1 atom stereocenters. The van der Waals surface area contributed by atoms with Crippen LogP contribution in [0.4, 0.5) is 10.5 Å². The first-order chi connectivity index (χ1) is 9.79. The van der Waals surface area contributed by atoms with Crippen molar-refractivity contribution in [3.05, 3.63) is 30.3 Å². The number of amides is 3. The summed E-state index contributed by atoms with van der Waals surface area (Å²) in [6, 6.07) is 9.12. The molecule has 2 rings (SSSR count). The molecule has 5 heteroatoms. The second kappa shape index (κ2) is 5.76. The van der Waals surface area contributed by atoms with Crippen molar-refractivity contribution in [1.29, 1.82) is 0 Å². The Morgan fingerprint density at radius 3 is 2.43 bits per heavy atom. The number of nitrogens with one attached hydrogen (secondary N) is 1. The van der Waals surface area contributed by atoms with Crippen molar-refractivity contribution in [3.8, 4) is 0 Å². The Hall–Kier alpha value is -2.04. The molecule has 1 aromatic rings. The summed E-state index contributed by atoms with van der Waals surface area (Å²) >= 11 is 0. The van der Waals surface area contributed by atoms with Gasteiger partial charge in [-0.05, 0) is 32.9 Å². The van der Waals surface area contributed by atoms with Crippen LogP contribution in [0.15, 0.2) is 30.3 Å². The zero-order valence-electron chi connectivity index (χ0n) is 13.1. The number of urea groups is 1. The molecular weight excluding hydrogens is 266 g/mol. The monoisotopic (exact) mass is 289 g/mol. The fraction of sp³-hybridized carbons (Fsp3) is 0.500. The number of hydrogen-bond donors (Lipinski definition) is 1. The molecule has 1 fully saturated rings. The predicted molar refractivity (Wildman–Crippen MR) is 83.2 cm³/mol. The molecule has 1 N–H and O–H groups in total. The maximum atomic E-state index is 12.2. The summed E-state index contributed by atoms with van der Waals surface area (Å²) < 4.78 is 0. The third-order valence-electron chi connectivity index (χ3n) is 3.71. The summed E-state index contributed by atoms with van der Waals surface area (Å²) in [7, 11) is 1.73. The number of anilines is 1. The molecule has 1 aromatic carbocycles. The number of para-hydroxylation sites is 1. The fourth-order valence-electron chi connectivity index (χ4n) is 2.49. The maximum absolute atomic E-state index is 12.2. The van der Waals surface area contributed by atoms with Gasteiger partial charge in [-0.25, -0.2) is 4.79 Å². The lowest BCUT2D eigenvalue weighted by Crippen LogP contribution is -2.47. The van der Waals surface area contributed by atoms with Gasteiger partial charge < -0.3 is 10.2 Å². The average molecular weight is 289 g/mol. The molecule has 0 aromatic heterocycles. The van der Waals surface area contributed by atoms with Crippen LogP contribution < -0.4 is 10.2 Å². The summed E-state index contributed by atoms with van der Waals surface area (Å²) in [5.41, 5.74) is 0.619. The SMILES string of the molecule is CN(C(=O)NC1CC(=O)N(C(C)(C)C)C1)c1ccccc1. The van der Waals surface area contributed by atoms with Crippen LogP contribution in [0.3, 0.4) is 0 Å². The number of nitrogens with zero attached hydrogens (tertiary/aromatic N) is 2. The van der Waals surface area contributed by atoms with E-state index in [0.717, 1.165) is 5.69 Å². The Kier molecular flexibility index (Phi) is 4.21. The molecule has 0 aliphatic carbocycles. The van der Waals surface area contributed by atoms with Crippen LogP contribution in [-0.4, -0.2) is 42.0 Å². The lowest BCUT2D eigenvalue weighted by Gasteiger charge is -2.32. The minimum Gasteiger partial charge on any atom is -0.336 e. The van der Waals surface area contributed by atoms with Crippen LogP contribution in [-0.2, 0) is 4.79 Å². The van der Waals surface area contributed by atoms with Crippen molar-refractivity contribution >= 4 is 17.6 Å². The molecule has 1 unspecified atom stereocenters. The highest BCUT2D eigenvalue weighted by Crippen LogP contribution is 2.22. The highest BCUT2D eigenvalue weighted by Gasteiger charge is 2.37. The van der Waals surface area contributed by atoms with E-state index >= 15 is 0 Å². The molecule has 1 aliphatic rings. The van der Waals surface area contributed by atoms with E-state index in [9.17, 15) is 9.59 Å². The highest BCUT2D eigenvalue weighted by molar-refractivity contribution is 5.92. The standard InChI is InChI=1S/C16H23N3O2/c1-16(2,3)19-11-12(10-14(19)20)17-15(21)18(4)13-8-6-5-7-9-13/h5-9,12H,10-11H2,1-4H3,(H,17,21). The highest BCUT2D eigenvalue weighted by atomic mass is 16.2. The van der Waals surface area contributed by atoms with Crippen molar-refractivity contribution in [1.82, 2.24) is 10.2 Å². The number of carbonyl (C=O) groups excluding carboxylic acids is 2. The first-order valence-electron chi connectivity index (χ1n) is 7.19. The van der Waals surface area contributed by atoms with Crippen LogP contribution in [0.2, 0.25) is 0 Å². The molecule has 0 bridgehead atoms. The molecular formula is C16H23N3O2. The molecule has 3 amide bonds. The van der Waals surface area contributed by atoms with Gasteiger partial charge in [0.15, 0.2) is 0 Å². The van der Waals surface area contributed by atoms with E-state index in [4.69, 9.17) is 0 Å². The van der Waals surface area contributed by atoms with E-state index < -0.39 is 0 Å². The van der Waals surface area contributed by atoms with Crippen molar-refractivity contribution in [2.75, 3.05) is 18.5 Å². The third kappa shape index (κ3) is 3.54. The van der Waals surface area contributed by atoms with Gasteiger partial charge in [-0.3, -0.25) is 9.69 Å². The van der Waals surface area contributed by atoms with Gasteiger partial charge in [0.1, 0.15) is 0 Å². The van der Waals surface area contributed by atoms with Crippen molar-refractivity contribution in [2.24, 2.45) is 0 Å². The lowest BCUT2D eigenvalue weighted by molar-refractivity contribution is -0.131. The zero-order valence-corrected chi connectivity index (χ0v) is 13.1. The first kappa shape index (κ1) is 15.4. The van der Waals surface area contributed by atoms with Crippen molar-refractivity contribution < 1.29 is 9.59 Å². The van der Waals surface area contributed by atoms with E-state index in [0.29, 0.717) is 13.0 Å². The van der Waals surface area contributed by atoms with E-state index in [1.807, 2.05) is 56.0 Å². The summed E-state index contributed by atoms with van der Waals surface area (Å²) in [5.74, 6) is 0.0927. The van der Waals surface area contributed by atoms with Crippen molar-refractivity contribution in [3.63, 3.8) is 0 Å². The molecule has 0 saturated carbocycles. The first-order valence-corrected chi connectivity index (χ1v) is 7.19. The Labute approximate surface area is 125 Å². The van der Waals surface area contributed by atoms with Gasteiger partial charge >= 0.3 is 6.03 Å². The van der Waals surface area contributed by atoms with Gasteiger partial charge in [0, 0.05) is 31.2 Å². The zero-order chi connectivity index (χ0) is 15.6. The average Bonchev–Trinajstić information content (AvgIpc) is 2.79. The van der Waals surface area contributed by atoms with Crippen LogP contribution >= 0.6 is 0 Å². The largest absolute Gasteiger partial charge is 0.336 e. The summed E-state index contributed by atoms with van der Waals surface area (Å²) in [6.45, 7) is 6.58. The molecule has 1 aliphatic heterocycles. The molecule has 1 saturated heterocycles. The minimum absolute atomic E-state index is 0.0927. The Morgan fingerprint density at radius 2 is 1.90 bits per heavy atom. The van der Waals surface area contributed by atoms with Crippen LogP contribution in [0, 0.1) is 0 Å². The quantitative estimate of drug-likeness (QED) is 0.907. The Bertz CT molecular complexity index is 522. The minimum atomic E-state index is -0.206. The molecule has 0 radical (unpaired) electrons. The third-order valence-corrected chi connectivity index (χ3v) is 3.71. The second-order valence-corrected chi connectivity index (χ2v) is 6.42. The van der Waals surface area contributed by atoms with Crippen LogP contribution in [0.1, 0.15) is 27.2 Å². The number of rotatable bonds is 2. The number of carbonyl (C=O) groups is 2. The van der Waals surface area contributed by atoms with Gasteiger partial charge in [-0.1, -0.05) is 18.2 Å². The van der Waals surface area contributed by atoms with E-state index in [2.05, 4.69) is 5.32 Å². The molecule has 5 nitrogen and oxygen atoms in total. The fourth-order valence-corrected chi connectivity index (χ4v) is 2.49. The van der Waals surface area contributed by atoms with Gasteiger partial charge in [-0.15, -0.1) is 0 Å². The Morgan fingerprint density at radius 1 is 1.29 bits per heavy atom. The number of likely N-dealkylation sites (tertiary alicyclic amines) is 1. The van der Waals surface area contributed by atoms with Gasteiger partial charge in [0.05, 0.1) is 6.04 Å². The number of benzene rings is 1. The molecule has 21 heavy (non-hydrogen) atoms. The van der Waals surface area contributed by atoms with Gasteiger partial charge in [0.2, 0.25) is 5.91 Å². The predicted octanol–water partition coefficient (Wildman–Crippen LogP) is 2.23. The van der Waals surface area contributed by atoms with E-state index in [1.54, 1.807) is 11.9 Å². The molecule has 1 heterocycles. The number of hydrogen-bond acceptors (Lipinski definition) is 2. The second-order valence-electron chi connectivity index (χ2n) is 6.42. The van der Waals surface area contributed by atoms with Gasteiger partial charge in [0.25, 0.3) is 0 Å². The van der Waals surface area contributed by atoms with Crippen molar-refractivity contribution in [2.45, 2.75) is 38.8 Å². The van der Waals surface area contributed by atoms with Crippen LogP contribution in [0.5, 0.6) is 0 Å².